The van der Waals surface area contributed by atoms with Gasteiger partial charge in [-0.3, -0.25) is 9.59 Å². The van der Waals surface area contributed by atoms with Gasteiger partial charge in [0.15, 0.2) is 11.3 Å². The summed E-state index contributed by atoms with van der Waals surface area (Å²) in [4.78, 5) is 32.0. The van der Waals surface area contributed by atoms with Crippen LogP contribution < -0.4 is 21.3 Å². The number of nitrogens with one attached hydrogen (secondary N) is 2. The summed E-state index contributed by atoms with van der Waals surface area (Å²) in [5.41, 5.74) is 8.23. The number of aromatic nitrogens is 5. The molecule has 7 rings (SSSR count). The molecule has 0 unspecified atom stereocenters. The van der Waals surface area contributed by atoms with E-state index in [0.717, 1.165) is 31.6 Å². The lowest BCUT2D eigenvalue weighted by atomic mass is 9.68. The summed E-state index contributed by atoms with van der Waals surface area (Å²) in [5.74, 6) is -0.457. The Kier molecular flexibility index (Phi) is 4.27. The molecule has 0 aromatic carbocycles. The minimum absolute atomic E-state index is 0.0926. The van der Waals surface area contributed by atoms with E-state index in [1.807, 2.05) is 12.3 Å². The highest BCUT2D eigenvalue weighted by Crippen LogP contribution is 2.78. The van der Waals surface area contributed by atoms with E-state index in [1.54, 1.807) is 10.6 Å². The number of pyridine rings is 1. The third-order valence-corrected chi connectivity index (χ3v) is 9.11. The maximum Gasteiger partial charge on any atom is 0.273 e. The smallest absolute Gasteiger partial charge is 0.273 e. The summed E-state index contributed by atoms with van der Waals surface area (Å²) in [6, 6.07) is 5.75. The fraction of sp³-hybridized carbons (Fsp3) is 0.520. The van der Waals surface area contributed by atoms with Crippen LogP contribution in [0.2, 0.25) is 0 Å². The van der Waals surface area contributed by atoms with Crippen LogP contribution in [0.5, 0.6) is 0 Å². The van der Waals surface area contributed by atoms with Gasteiger partial charge in [0.2, 0.25) is 11.9 Å². The highest BCUT2D eigenvalue weighted by Gasteiger charge is 2.78. The van der Waals surface area contributed by atoms with Crippen LogP contribution in [0.25, 0.3) is 5.65 Å². The third-order valence-electron chi connectivity index (χ3n) is 9.11. The average molecular weight is 488 g/mol. The second kappa shape index (κ2) is 7.14. The molecule has 11 heteroatoms. The van der Waals surface area contributed by atoms with E-state index in [-0.39, 0.29) is 11.1 Å². The van der Waals surface area contributed by atoms with E-state index < -0.39 is 17.2 Å². The third kappa shape index (κ3) is 2.97. The summed E-state index contributed by atoms with van der Waals surface area (Å²) in [6.45, 7) is 2.16. The minimum atomic E-state index is -0.813. The van der Waals surface area contributed by atoms with E-state index >= 15 is 0 Å². The number of carbonyl (C=O) groups is 2. The predicted molar refractivity (Wildman–Crippen MR) is 132 cm³/mol. The molecule has 4 fully saturated rings. The molecule has 4 aliphatic rings. The number of primary amides is 1. The zero-order chi connectivity index (χ0) is 24.7. The van der Waals surface area contributed by atoms with Crippen molar-refractivity contribution >= 4 is 34.8 Å². The fourth-order valence-electron chi connectivity index (χ4n) is 6.51. The fourth-order valence-corrected chi connectivity index (χ4v) is 6.51. The highest BCUT2D eigenvalue weighted by molar-refractivity contribution is 5.98. The van der Waals surface area contributed by atoms with Crippen LogP contribution >= 0.6 is 0 Å². The van der Waals surface area contributed by atoms with E-state index in [9.17, 15) is 9.59 Å². The SMILES string of the molecule is CNC(=O)c1nnc([C@]2(C(N)=O)CC23CC3)cc1Nc1nc2ccc(N3CCC4(CCC4)C3)cn2n1. The Morgan fingerprint density at radius 2 is 1.94 bits per heavy atom. The van der Waals surface area contributed by atoms with Gasteiger partial charge in [0.05, 0.1) is 28.7 Å². The first kappa shape index (κ1) is 21.5. The van der Waals surface area contributed by atoms with Crippen molar-refractivity contribution < 1.29 is 9.59 Å². The number of hydrogen-bond acceptors (Lipinski definition) is 8. The zero-order valence-corrected chi connectivity index (χ0v) is 20.3. The molecule has 1 aliphatic heterocycles. The van der Waals surface area contributed by atoms with E-state index in [1.165, 1.54) is 32.7 Å². The Balaban J connectivity index is 1.20. The van der Waals surface area contributed by atoms with Crippen molar-refractivity contribution in [3.8, 4) is 0 Å². The first-order chi connectivity index (χ1) is 17.4. The molecule has 0 radical (unpaired) electrons. The topological polar surface area (TPSA) is 143 Å². The summed E-state index contributed by atoms with van der Waals surface area (Å²) in [6.07, 6.45) is 9.84. The summed E-state index contributed by atoms with van der Waals surface area (Å²) in [5, 5.41) is 18.8. The van der Waals surface area contributed by atoms with Crippen LogP contribution in [0, 0.1) is 10.8 Å². The second-order valence-electron chi connectivity index (χ2n) is 11.1. The second-order valence-corrected chi connectivity index (χ2v) is 11.1. The zero-order valence-electron chi connectivity index (χ0n) is 20.3. The van der Waals surface area contributed by atoms with Crippen molar-refractivity contribution in [1.82, 2.24) is 30.1 Å². The number of anilines is 3. The Morgan fingerprint density at radius 1 is 1.11 bits per heavy atom. The Hall–Kier alpha value is -3.76. The van der Waals surface area contributed by atoms with Gasteiger partial charge in [-0.05, 0) is 67.6 Å². The lowest BCUT2D eigenvalue weighted by molar-refractivity contribution is -0.121. The van der Waals surface area contributed by atoms with Gasteiger partial charge in [-0.25, -0.2) is 4.52 Å². The van der Waals surface area contributed by atoms with Crippen LogP contribution in [0.3, 0.4) is 0 Å². The lowest BCUT2D eigenvalue weighted by Gasteiger charge is -2.38. The molecule has 3 aromatic heterocycles. The Morgan fingerprint density at radius 3 is 2.58 bits per heavy atom. The quantitative estimate of drug-likeness (QED) is 0.478. The van der Waals surface area contributed by atoms with Crippen LogP contribution in [0.15, 0.2) is 24.4 Å². The molecule has 1 atom stereocenters. The molecule has 0 bridgehead atoms. The van der Waals surface area contributed by atoms with Gasteiger partial charge in [-0.15, -0.1) is 10.2 Å². The lowest BCUT2D eigenvalue weighted by Crippen LogP contribution is -2.33. The molecule has 2 amide bonds. The molecule has 4 heterocycles. The molecule has 2 spiro atoms. The van der Waals surface area contributed by atoms with Crippen molar-refractivity contribution in [3.63, 3.8) is 0 Å². The van der Waals surface area contributed by atoms with Crippen molar-refractivity contribution in [2.45, 2.75) is 50.4 Å². The highest BCUT2D eigenvalue weighted by atomic mass is 16.2. The summed E-state index contributed by atoms with van der Waals surface area (Å²) in [7, 11) is 1.53. The maximum absolute atomic E-state index is 12.5. The van der Waals surface area contributed by atoms with Gasteiger partial charge in [-0.1, -0.05) is 6.42 Å². The molecule has 4 N–H and O–H groups in total. The molecular formula is C25H29N9O2. The van der Waals surface area contributed by atoms with Crippen LogP contribution in [0.4, 0.5) is 17.3 Å². The first-order valence-corrected chi connectivity index (χ1v) is 12.7. The van der Waals surface area contributed by atoms with E-state index in [4.69, 9.17) is 5.73 Å². The molecule has 11 nitrogen and oxygen atoms in total. The van der Waals surface area contributed by atoms with Gasteiger partial charge >= 0.3 is 0 Å². The summed E-state index contributed by atoms with van der Waals surface area (Å²) < 4.78 is 1.75. The van der Waals surface area contributed by atoms with Gasteiger partial charge in [0.25, 0.3) is 5.91 Å². The number of fused-ring (bicyclic) bond motifs is 1. The summed E-state index contributed by atoms with van der Waals surface area (Å²) >= 11 is 0. The molecule has 3 aliphatic carbocycles. The van der Waals surface area contributed by atoms with Crippen LogP contribution in [-0.2, 0) is 10.2 Å². The van der Waals surface area contributed by atoms with Gasteiger partial charge in [-0.2, -0.15) is 10.1 Å². The first-order valence-electron chi connectivity index (χ1n) is 12.7. The van der Waals surface area contributed by atoms with Crippen molar-refractivity contribution in [2.24, 2.45) is 16.6 Å². The van der Waals surface area contributed by atoms with E-state index in [0.29, 0.717) is 34.8 Å². The largest absolute Gasteiger partial charge is 0.370 e. The molecule has 3 aromatic rings. The average Bonchev–Trinajstić information content (AvgIpc) is 3.64. The monoisotopic (exact) mass is 487 g/mol. The Labute approximate surface area is 207 Å². The number of hydrogen-bond donors (Lipinski definition) is 3. The van der Waals surface area contributed by atoms with Crippen molar-refractivity contribution in [2.75, 3.05) is 30.4 Å². The molecule has 186 valence electrons. The van der Waals surface area contributed by atoms with Gasteiger partial charge in [0.1, 0.15) is 0 Å². The maximum atomic E-state index is 12.5. The van der Waals surface area contributed by atoms with Crippen molar-refractivity contribution in [3.05, 3.63) is 35.8 Å². The standard InChI is InChI=1S/C25H29N9O2/c1-27-20(35)19-16(11-17(30-31-19)25(21(26)36)13-24(25)7-8-24)28-22-29-18-4-3-15(12-34(18)32-22)33-10-9-23(14-33)5-2-6-23/h3-4,11-12H,2,5-10,13-14H2,1H3,(H2,26,36)(H,27,35)(H,28,30,32)/t25-/m0/s1. The Bertz CT molecular complexity index is 1420. The molecule has 1 saturated heterocycles. The van der Waals surface area contributed by atoms with Crippen molar-refractivity contribution in [1.29, 1.82) is 0 Å². The van der Waals surface area contributed by atoms with Crippen LogP contribution in [0.1, 0.15) is 61.1 Å². The van der Waals surface area contributed by atoms with Crippen LogP contribution in [-0.4, -0.2) is 56.7 Å². The minimum Gasteiger partial charge on any atom is -0.370 e. The normalized spacial score (nSPS) is 24.6. The molecular weight excluding hydrogens is 458 g/mol. The predicted octanol–water partition coefficient (Wildman–Crippen LogP) is 1.91. The number of nitrogens with zero attached hydrogens (tertiary/aromatic N) is 6. The number of amides is 2. The van der Waals surface area contributed by atoms with Gasteiger partial charge < -0.3 is 21.3 Å². The number of rotatable bonds is 6. The molecule has 36 heavy (non-hydrogen) atoms. The molecule has 3 saturated carbocycles. The van der Waals surface area contributed by atoms with Gasteiger partial charge in [0, 0.05) is 20.1 Å². The van der Waals surface area contributed by atoms with E-state index in [2.05, 4.69) is 41.9 Å². The number of nitrogens with two attached hydrogens (primary N) is 1. The number of carbonyl (C=O) groups excluding carboxylic acids is 2.